The van der Waals surface area contributed by atoms with E-state index in [0.717, 1.165) is 0 Å². The van der Waals surface area contributed by atoms with Gasteiger partial charge >= 0.3 is 5.97 Å². The van der Waals surface area contributed by atoms with E-state index in [9.17, 15) is 13.6 Å². The number of ether oxygens (including phenoxy) is 1. The molecule has 1 fully saturated rings. The molecule has 1 N–H and O–H groups in total. The predicted molar refractivity (Wildman–Crippen MR) is 44.9 cm³/mol. The smallest absolute Gasteiger partial charge is 0.309 e. The van der Waals surface area contributed by atoms with Gasteiger partial charge in [0.15, 0.2) is 0 Å². The molecule has 0 aromatic heterocycles. The highest BCUT2D eigenvalue weighted by molar-refractivity contribution is 5.72. The van der Waals surface area contributed by atoms with Crippen LogP contribution >= 0.6 is 0 Å². The van der Waals surface area contributed by atoms with Crippen molar-refractivity contribution in [3.05, 3.63) is 0 Å². The largest absolute Gasteiger partial charge is 0.469 e. The monoisotopic (exact) mass is 208 g/mol. The van der Waals surface area contributed by atoms with Gasteiger partial charge in [0.2, 0.25) is 5.92 Å². The Balaban J connectivity index is 2.66. The van der Waals surface area contributed by atoms with Gasteiger partial charge in [-0.1, -0.05) is 0 Å². The van der Waals surface area contributed by atoms with Crippen LogP contribution in [0, 0.1) is 11.8 Å². The summed E-state index contributed by atoms with van der Waals surface area (Å²) in [5.41, 5.74) is 0. The molecule has 0 heterocycles. The number of aliphatic hydroxyl groups excluding tert-OH is 1. The first-order valence-corrected chi connectivity index (χ1v) is 4.56. The minimum Gasteiger partial charge on any atom is -0.469 e. The molecule has 14 heavy (non-hydrogen) atoms. The maximum absolute atomic E-state index is 12.9. The maximum atomic E-state index is 12.9. The lowest BCUT2D eigenvalue weighted by Crippen LogP contribution is -2.38. The second kappa shape index (κ2) is 4.21. The molecule has 82 valence electrons. The molecular formula is C9H14F2O3. The first-order chi connectivity index (χ1) is 6.50. The molecule has 0 aliphatic heterocycles. The lowest BCUT2D eigenvalue weighted by molar-refractivity contribution is -0.155. The molecule has 0 amide bonds. The minimum atomic E-state index is -2.75. The zero-order valence-electron chi connectivity index (χ0n) is 8.00. The number of hydrogen-bond donors (Lipinski definition) is 1. The van der Waals surface area contributed by atoms with E-state index in [-0.39, 0.29) is 12.8 Å². The van der Waals surface area contributed by atoms with Crippen LogP contribution in [-0.2, 0) is 9.53 Å². The fourth-order valence-corrected chi connectivity index (χ4v) is 1.88. The fourth-order valence-electron chi connectivity index (χ4n) is 1.88. The number of halogens is 2. The molecule has 1 saturated carbocycles. The molecule has 2 atom stereocenters. The fraction of sp³-hybridized carbons (Fsp3) is 0.889. The molecule has 0 saturated heterocycles. The summed E-state index contributed by atoms with van der Waals surface area (Å²) in [4.78, 5) is 11.2. The van der Waals surface area contributed by atoms with Crippen LogP contribution in [0.5, 0.6) is 0 Å². The molecule has 3 nitrogen and oxygen atoms in total. The highest BCUT2D eigenvalue weighted by Gasteiger charge is 2.44. The van der Waals surface area contributed by atoms with Crippen molar-refractivity contribution in [2.24, 2.45) is 11.8 Å². The molecule has 1 aliphatic rings. The van der Waals surface area contributed by atoms with Crippen molar-refractivity contribution < 1.29 is 23.4 Å². The summed E-state index contributed by atoms with van der Waals surface area (Å²) in [5, 5.41) is 8.90. The Hall–Kier alpha value is -0.710. The van der Waals surface area contributed by atoms with Gasteiger partial charge in [-0.2, -0.15) is 0 Å². The minimum absolute atomic E-state index is 0.0882. The Kier molecular flexibility index (Phi) is 3.42. The van der Waals surface area contributed by atoms with Gasteiger partial charge in [0.25, 0.3) is 0 Å². The standard InChI is InChI=1S/C9H14F2O3/c1-14-8(13)7-2-3-9(10,11)4-6(7)5-12/h6-7,12H,2-5H2,1H3. The van der Waals surface area contributed by atoms with Gasteiger partial charge in [0, 0.05) is 25.4 Å². The molecule has 5 heteroatoms. The molecule has 1 aliphatic carbocycles. The summed E-state index contributed by atoms with van der Waals surface area (Å²) in [6, 6.07) is 0. The van der Waals surface area contributed by atoms with E-state index in [1.165, 1.54) is 7.11 Å². The van der Waals surface area contributed by atoms with Crippen molar-refractivity contribution >= 4 is 5.97 Å². The quantitative estimate of drug-likeness (QED) is 0.694. The van der Waals surface area contributed by atoms with Crippen LogP contribution in [-0.4, -0.2) is 30.7 Å². The van der Waals surface area contributed by atoms with Crippen LogP contribution in [0.4, 0.5) is 8.78 Å². The van der Waals surface area contributed by atoms with Crippen molar-refractivity contribution in [3.63, 3.8) is 0 Å². The SMILES string of the molecule is COC(=O)C1CCC(F)(F)CC1CO. The summed E-state index contributed by atoms with van der Waals surface area (Å²) < 4.78 is 30.3. The lowest BCUT2D eigenvalue weighted by Gasteiger charge is -2.33. The van der Waals surface area contributed by atoms with Crippen molar-refractivity contribution in [1.29, 1.82) is 0 Å². The summed E-state index contributed by atoms with van der Waals surface area (Å²) >= 11 is 0. The first kappa shape index (κ1) is 11.4. The Morgan fingerprint density at radius 2 is 2.29 bits per heavy atom. The zero-order valence-corrected chi connectivity index (χ0v) is 8.00. The van der Waals surface area contributed by atoms with Crippen molar-refractivity contribution in [3.8, 4) is 0 Å². The Bertz CT molecular complexity index is 218. The average molecular weight is 208 g/mol. The average Bonchev–Trinajstić information content (AvgIpc) is 2.15. The van der Waals surface area contributed by atoms with Crippen LogP contribution in [0.2, 0.25) is 0 Å². The number of carbonyl (C=O) groups is 1. The van der Waals surface area contributed by atoms with Crippen LogP contribution < -0.4 is 0 Å². The predicted octanol–water partition coefficient (Wildman–Crippen LogP) is 1.20. The third-order valence-corrected chi connectivity index (χ3v) is 2.69. The van der Waals surface area contributed by atoms with Gasteiger partial charge in [-0.25, -0.2) is 8.78 Å². The van der Waals surface area contributed by atoms with Crippen LogP contribution in [0.3, 0.4) is 0 Å². The Morgan fingerprint density at radius 3 is 2.79 bits per heavy atom. The summed E-state index contributed by atoms with van der Waals surface area (Å²) in [5.74, 6) is -4.51. The van der Waals surface area contributed by atoms with Gasteiger partial charge in [-0.3, -0.25) is 4.79 Å². The molecule has 2 unspecified atom stereocenters. The molecule has 0 aromatic carbocycles. The number of methoxy groups -OCH3 is 1. The van der Waals surface area contributed by atoms with Crippen molar-refractivity contribution in [1.82, 2.24) is 0 Å². The van der Waals surface area contributed by atoms with Gasteiger partial charge in [-0.15, -0.1) is 0 Å². The highest BCUT2D eigenvalue weighted by atomic mass is 19.3. The van der Waals surface area contributed by atoms with Crippen LogP contribution in [0.15, 0.2) is 0 Å². The summed E-state index contributed by atoms with van der Waals surface area (Å²) in [6.07, 6.45) is -0.641. The number of esters is 1. The third-order valence-electron chi connectivity index (χ3n) is 2.69. The maximum Gasteiger partial charge on any atom is 0.309 e. The van der Waals surface area contributed by atoms with E-state index in [1.54, 1.807) is 0 Å². The second-order valence-corrected chi connectivity index (χ2v) is 3.67. The van der Waals surface area contributed by atoms with E-state index >= 15 is 0 Å². The number of hydrogen-bond acceptors (Lipinski definition) is 3. The topological polar surface area (TPSA) is 46.5 Å². The molecule has 0 bridgehead atoms. The van der Waals surface area contributed by atoms with Gasteiger partial charge < -0.3 is 9.84 Å². The lowest BCUT2D eigenvalue weighted by atomic mass is 9.78. The van der Waals surface area contributed by atoms with Gasteiger partial charge in [0.05, 0.1) is 13.0 Å². The number of alkyl halides is 2. The highest BCUT2D eigenvalue weighted by Crippen LogP contribution is 2.40. The molecule has 1 rings (SSSR count). The first-order valence-electron chi connectivity index (χ1n) is 4.56. The number of carbonyl (C=O) groups excluding carboxylic acids is 1. The normalized spacial score (nSPS) is 31.1. The van der Waals surface area contributed by atoms with Gasteiger partial charge in [-0.05, 0) is 6.42 Å². The van der Waals surface area contributed by atoms with E-state index < -0.39 is 36.8 Å². The number of rotatable bonds is 2. The van der Waals surface area contributed by atoms with E-state index in [0.29, 0.717) is 0 Å². The van der Waals surface area contributed by atoms with E-state index in [4.69, 9.17) is 5.11 Å². The van der Waals surface area contributed by atoms with E-state index in [2.05, 4.69) is 4.74 Å². The molecular weight excluding hydrogens is 194 g/mol. The van der Waals surface area contributed by atoms with Crippen molar-refractivity contribution in [2.45, 2.75) is 25.2 Å². The molecule has 0 radical (unpaired) electrons. The Labute approximate surface area is 81.1 Å². The third kappa shape index (κ3) is 2.41. The molecule has 0 aromatic rings. The molecule has 0 spiro atoms. The second-order valence-electron chi connectivity index (χ2n) is 3.67. The van der Waals surface area contributed by atoms with Crippen molar-refractivity contribution in [2.75, 3.05) is 13.7 Å². The summed E-state index contributed by atoms with van der Waals surface area (Å²) in [6.45, 7) is -0.393. The summed E-state index contributed by atoms with van der Waals surface area (Å²) in [7, 11) is 1.23. The van der Waals surface area contributed by atoms with Crippen LogP contribution in [0.1, 0.15) is 19.3 Å². The zero-order chi connectivity index (χ0) is 10.8. The number of aliphatic hydroxyl groups is 1. The van der Waals surface area contributed by atoms with Crippen LogP contribution in [0.25, 0.3) is 0 Å². The van der Waals surface area contributed by atoms with E-state index in [1.807, 2.05) is 0 Å². The van der Waals surface area contributed by atoms with Gasteiger partial charge in [0.1, 0.15) is 0 Å². The Morgan fingerprint density at radius 1 is 1.64 bits per heavy atom.